The molecule has 0 radical (unpaired) electrons. The number of carboxylic acid groups (broad SMARTS) is 1. The second-order valence-corrected chi connectivity index (χ2v) is 10.5. The zero-order valence-electron chi connectivity index (χ0n) is 21.0. The molecule has 2 aliphatic rings. The van der Waals surface area contributed by atoms with Crippen molar-refractivity contribution in [1.29, 1.82) is 0 Å². The zero-order valence-corrected chi connectivity index (χ0v) is 21.8. The molecule has 0 bridgehead atoms. The maximum Gasteiger partial charge on any atom is 0.341 e. The molecular formula is C26H27FN6O5S. The van der Waals surface area contributed by atoms with Crippen LogP contribution in [-0.4, -0.2) is 74.9 Å². The van der Waals surface area contributed by atoms with Crippen molar-refractivity contribution < 1.29 is 19.1 Å². The molecule has 1 amide bonds. The topological polar surface area (TPSA) is 141 Å². The number of halogens is 1. The minimum absolute atomic E-state index is 0.0535. The summed E-state index contributed by atoms with van der Waals surface area (Å²) in [6.07, 6.45) is 4.78. The van der Waals surface area contributed by atoms with Gasteiger partial charge < -0.3 is 24.9 Å². The van der Waals surface area contributed by atoms with Crippen molar-refractivity contribution in [1.82, 2.24) is 19.4 Å². The fraction of sp³-hybridized carbons (Fsp3) is 0.346. The number of piperazine rings is 1. The molecule has 0 spiro atoms. The lowest BCUT2D eigenvalue weighted by atomic mass is 10.1. The predicted molar refractivity (Wildman–Crippen MR) is 146 cm³/mol. The molecule has 1 saturated carbocycles. The molecule has 3 aromatic rings. The highest BCUT2D eigenvalue weighted by atomic mass is 32.2. The Kier molecular flexibility index (Phi) is 7.53. The normalized spacial score (nSPS) is 15.9. The van der Waals surface area contributed by atoms with Crippen molar-refractivity contribution >= 4 is 46.0 Å². The number of anilines is 2. The number of nitrogens with zero attached hydrogens (tertiary/aromatic N) is 4. The highest BCUT2D eigenvalue weighted by Gasteiger charge is 2.28. The molecule has 2 fully saturated rings. The molecular weight excluding hydrogens is 527 g/mol. The Balaban J connectivity index is 1.27. The van der Waals surface area contributed by atoms with Crippen LogP contribution in [-0.2, 0) is 4.79 Å². The van der Waals surface area contributed by atoms with E-state index in [-0.39, 0.29) is 40.8 Å². The molecule has 1 aliphatic carbocycles. The van der Waals surface area contributed by atoms with Gasteiger partial charge in [-0.1, -0.05) is 17.8 Å². The lowest BCUT2D eigenvalue weighted by molar-refractivity contribution is -0.117. The average Bonchev–Trinajstić information content (AvgIpc) is 3.73. The van der Waals surface area contributed by atoms with Gasteiger partial charge in [0.25, 0.3) is 5.56 Å². The van der Waals surface area contributed by atoms with Crippen molar-refractivity contribution in [3.63, 3.8) is 0 Å². The number of thioether (sulfide) groups is 1. The third kappa shape index (κ3) is 5.88. The van der Waals surface area contributed by atoms with E-state index in [9.17, 15) is 24.3 Å². The number of rotatable bonds is 9. The largest absolute Gasteiger partial charge is 0.477 e. The monoisotopic (exact) mass is 554 g/mol. The Hall–Kier alpha value is -3.97. The zero-order chi connectivity index (χ0) is 27.7. The lowest BCUT2D eigenvalue weighted by Crippen LogP contribution is -2.49. The van der Waals surface area contributed by atoms with Crippen LogP contribution in [0.3, 0.4) is 0 Å². The number of aromatic carboxylic acids is 1. The summed E-state index contributed by atoms with van der Waals surface area (Å²) in [5, 5.41) is 12.5. The minimum Gasteiger partial charge on any atom is -0.477 e. The summed E-state index contributed by atoms with van der Waals surface area (Å²) < 4.78 is 17.0. The van der Waals surface area contributed by atoms with Gasteiger partial charge in [0, 0.05) is 55.6 Å². The van der Waals surface area contributed by atoms with Gasteiger partial charge in [-0.05, 0) is 25.0 Å². The van der Waals surface area contributed by atoms with Crippen LogP contribution < -0.4 is 21.2 Å². The minimum atomic E-state index is -1.33. The van der Waals surface area contributed by atoms with Crippen LogP contribution in [0.1, 0.15) is 29.2 Å². The first kappa shape index (κ1) is 26.6. The molecule has 13 heteroatoms. The van der Waals surface area contributed by atoms with Gasteiger partial charge in [0.1, 0.15) is 17.2 Å². The Bertz CT molecular complexity index is 1580. The van der Waals surface area contributed by atoms with Crippen molar-refractivity contribution in [2.75, 3.05) is 48.7 Å². The number of aromatic amines is 1. The molecule has 3 N–H and O–H groups in total. The number of carboxylic acids is 1. The van der Waals surface area contributed by atoms with Crippen LogP contribution in [0.15, 0.2) is 51.8 Å². The fourth-order valence-corrected chi connectivity index (χ4v) is 5.26. The van der Waals surface area contributed by atoms with Crippen LogP contribution in [0.25, 0.3) is 10.9 Å². The number of fused-ring (bicyclic) bond motifs is 1. The van der Waals surface area contributed by atoms with E-state index in [0.717, 1.165) is 18.9 Å². The summed E-state index contributed by atoms with van der Waals surface area (Å²) in [5.74, 6) is -1.52. The highest BCUT2D eigenvalue weighted by Crippen LogP contribution is 2.38. The summed E-state index contributed by atoms with van der Waals surface area (Å²) in [7, 11) is 0. The van der Waals surface area contributed by atoms with Crippen LogP contribution in [0.5, 0.6) is 0 Å². The van der Waals surface area contributed by atoms with Crippen molar-refractivity contribution in [2.24, 2.45) is 0 Å². The summed E-state index contributed by atoms with van der Waals surface area (Å²) in [5.41, 5.74) is -0.584. The Morgan fingerprint density at radius 2 is 1.95 bits per heavy atom. The number of carbonyl (C=O) groups is 2. The van der Waals surface area contributed by atoms with Gasteiger partial charge in [-0.25, -0.2) is 14.2 Å². The van der Waals surface area contributed by atoms with Gasteiger partial charge >= 0.3 is 5.97 Å². The van der Waals surface area contributed by atoms with Gasteiger partial charge in [-0.2, -0.15) is 0 Å². The third-order valence-corrected chi connectivity index (χ3v) is 7.55. The maximum absolute atomic E-state index is 15.2. The second kappa shape index (κ2) is 11.0. The Labute approximate surface area is 226 Å². The average molecular weight is 555 g/mol. The number of hydrogen-bond donors (Lipinski definition) is 3. The van der Waals surface area contributed by atoms with Gasteiger partial charge in [-0.15, -0.1) is 6.58 Å². The standard InChI is InChI=1S/C26H27FN6O5S/c1-2-9-39-26-29-21(12-22(34)30-26)28-23(35)14-31-5-7-32(8-6-31)20-11-19-16(10-18(20)27)24(36)17(25(37)38)13-33(19)15-3-4-15/h2,10-13,15H,1,3-9,14H2,(H,37,38)(H2,28,29,30,34,35). The summed E-state index contributed by atoms with van der Waals surface area (Å²) in [6.45, 7) is 5.58. The Morgan fingerprint density at radius 1 is 1.21 bits per heavy atom. The second-order valence-electron chi connectivity index (χ2n) is 9.48. The van der Waals surface area contributed by atoms with Gasteiger partial charge in [0.05, 0.1) is 17.7 Å². The molecule has 0 atom stereocenters. The van der Waals surface area contributed by atoms with Crippen molar-refractivity contribution in [2.45, 2.75) is 24.0 Å². The fourth-order valence-electron chi connectivity index (χ4n) is 4.65. The van der Waals surface area contributed by atoms with E-state index >= 15 is 4.39 Å². The summed E-state index contributed by atoms with van der Waals surface area (Å²) >= 11 is 1.29. The van der Waals surface area contributed by atoms with E-state index in [1.165, 1.54) is 24.0 Å². The summed E-state index contributed by atoms with van der Waals surface area (Å²) in [4.78, 5) is 59.4. The molecule has 1 aromatic carbocycles. The van der Waals surface area contributed by atoms with Crippen LogP contribution in [0.2, 0.25) is 0 Å². The van der Waals surface area contributed by atoms with Gasteiger partial charge in [0.2, 0.25) is 11.3 Å². The quantitative estimate of drug-likeness (QED) is 0.206. The molecule has 2 aromatic heterocycles. The van der Waals surface area contributed by atoms with Crippen LogP contribution in [0.4, 0.5) is 15.9 Å². The van der Waals surface area contributed by atoms with E-state index in [1.807, 2.05) is 9.80 Å². The molecule has 5 rings (SSSR count). The van der Waals surface area contributed by atoms with Crippen molar-refractivity contribution in [3.8, 4) is 0 Å². The molecule has 0 unspecified atom stereocenters. The first-order valence-corrected chi connectivity index (χ1v) is 13.5. The molecule has 3 heterocycles. The van der Waals surface area contributed by atoms with Gasteiger partial charge in [-0.3, -0.25) is 19.3 Å². The highest BCUT2D eigenvalue weighted by molar-refractivity contribution is 7.99. The van der Waals surface area contributed by atoms with E-state index in [4.69, 9.17) is 0 Å². The number of H-pyrrole nitrogens is 1. The number of hydrogen-bond acceptors (Lipinski definition) is 8. The SMILES string of the molecule is C=CCSc1nc(NC(=O)CN2CCN(c3cc4c(cc3F)c(=O)c(C(=O)O)cn4C3CC3)CC2)cc(=O)[nH]1. The molecule has 11 nitrogen and oxygen atoms in total. The number of aromatic nitrogens is 3. The molecule has 39 heavy (non-hydrogen) atoms. The van der Waals surface area contributed by atoms with E-state index in [1.54, 1.807) is 16.7 Å². The number of carbonyl (C=O) groups excluding carboxylic acids is 1. The number of benzene rings is 1. The van der Waals surface area contributed by atoms with Crippen LogP contribution in [0, 0.1) is 5.82 Å². The maximum atomic E-state index is 15.2. The smallest absolute Gasteiger partial charge is 0.341 e. The van der Waals surface area contributed by atoms with Crippen LogP contribution >= 0.6 is 11.8 Å². The molecule has 1 aliphatic heterocycles. The molecule has 204 valence electrons. The molecule has 1 saturated heterocycles. The summed E-state index contributed by atoms with van der Waals surface area (Å²) in [6, 6.07) is 4.07. The van der Waals surface area contributed by atoms with E-state index in [2.05, 4.69) is 21.9 Å². The van der Waals surface area contributed by atoms with Gasteiger partial charge in [0.15, 0.2) is 5.16 Å². The number of pyridine rings is 1. The third-order valence-electron chi connectivity index (χ3n) is 6.68. The number of amides is 1. The lowest BCUT2D eigenvalue weighted by Gasteiger charge is -2.36. The Morgan fingerprint density at radius 3 is 2.62 bits per heavy atom. The first-order chi connectivity index (χ1) is 18.7. The predicted octanol–water partition coefficient (Wildman–Crippen LogP) is 2.30. The van der Waals surface area contributed by atoms with E-state index < -0.39 is 17.2 Å². The van der Waals surface area contributed by atoms with E-state index in [0.29, 0.717) is 48.3 Å². The van der Waals surface area contributed by atoms with Crippen molar-refractivity contribution in [3.05, 3.63) is 69.0 Å². The first-order valence-electron chi connectivity index (χ1n) is 12.5. The number of nitrogens with one attached hydrogen (secondary N) is 2.